The van der Waals surface area contributed by atoms with Crippen LogP contribution in [0.4, 0.5) is 10.5 Å². The van der Waals surface area contributed by atoms with Gasteiger partial charge in [-0.05, 0) is 67.0 Å². The number of carbonyl (C=O) groups is 3. The number of cyclic esters (lactones) is 1. The number of benzene rings is 1. The molecule has 4 heterocycles. The van der Waals surface area contributed by atoms with Crippen molar-refractivity contribution in [1.29, 1.82) is 0 Å². The highest BCUT2D eigenvalue weighted by Gasteiger charge is 2.45. The van der Waals surface area contributed by atoms with Gasteiger partial charge in [-0.25, -0.2) is 9.69 Å². The Morgan fingerprint density at radius 3 is 2.64 bits per heavy atom. The maximum absolute atomic E-state index is 12.8. The third-order valence-corrected chi connectivity index (χ3v) is 7.40. The van der Waals surface area contributed by atoms with E-state index in [9.17, 15) is 14.4 Å². The van der Waals surface area contributed by atoms with Crippen molar-refractivity contribution in [3.05, 3.63) is 51.8 Å². The van der Waals surface area contributed by atoms with Crippen LogP contribution in [0.1, 0.15) is 40.1 Å². The van der Waals surface area contributed by atoms with Crippen molar-refractivity contribution in [2.24, 2.45) is 11.8 Å². The highest BCUT2D eigenvalue weighted by Crippen LogP contribution is 2.45. The smallest absolute Gasteiger partial charge is 0.417 e. The van der Waals surface area contributed by atoms with Crippen LogP contribution in [0.25, 0.3) is 11.6 Å². The van der Waals surface area contributed by atoms with Gasteiger partial charge in [-0.15, -0.1) is 0 Å². The number of nitrogens with zero attached hydrogens (tertiary/aromatic N) is 2. The third kappa shape index (κ3) is 3.45. The van der Waals surface area contributed by atoms with Crippen molar-refractivity contribution in [1.82, 2.24) is 14.8 Å². The van der Waals surface area contributed by atoms with Crippen LogP contribution in [0.5, 0.6) is 0 Å². The minimum atomic E-state index is -0.634. The summed E-state index contributed by atoms with van der Waals surface area (Å²) >= 11 is 0. The van der Waals surface area contributed by atoms with Crippen LogP contribution in [-0.4, -0.2) is 52.4 Å². The molecular weight excluding hydrogens is 420 g/mol. The normalized spacial score (nSPS) is 25.0. The summed E-state index contributed by atoms with van der Waals surface area (Å²) < 4.78 is 4.79. The van der Waals surface area contributed by atoms with Gasteiger partial charge < -0.3 is 15.0 Å². The molecule has 1 aliphatic carbocycles. The molecule has 2 N–H and O–H groups in total. The molecule has 1 saturated carbocycles. The number of imide groups is 1. The Bertz CT molecular complexity index is 1220. The minimum Gasteiger partial charge on any atom is -0.439 e. The zero-order chi connectivity index (χ0) is 22.9. The molecule has 2 atom stereocenters. The Kier molecular flexibility index (Phi) is 4.48. The van der Waals surface area contributed by atoms with E-state index in [0.717, 1.165) is 51.5 Å². The van der Waals surface area contributed by atoms with E-state index in [4.69, 9.17) is 4.74 Å². The quantitative estimate of drug-likeness (QED) is 0.689. The second-order valence-corrected chi connectivity index (χ2v) is 9.64. The Balaban J connectivity index is 1.28. The predicted octanol–water partition coefficient (Wildman–Crippen LogP) is 3.05. The molecule has 6 rings (SSSR count). The number of anilines is 1. The van der Waals surface area contributed by atoms with E-state index in [-0.39, 0.29) is 25.0 Å². The number of ether oxygens (including phenoxy) is 1. The number of H-pyrrole nitrogens is 1. The van der Waals surface area contributed by atoms with E-state index in [0.29, 0.717) is 5.57 Å². The fraction of sp³-hybridized carbons (Fsp3) is 0.400. The first kappa shape index (κ1) is 20.2. The lowest BCUT2D eigenvalue weighted by Crippen LogP contribution is -2.28. The van der Waals surface area contributed by atoms with Gasteiger partial charge in [0.15, 0.2) is 6.61 Å². The van der Waals surface area contributed by atoms with E-state index >= 15 is 0 Å². The van der Waals surface area contributed by atoms with E-state index < -0.39 is 6.09 Å². The Morgan fingerprint density at radius 1 is 1.12 bits per heavy atom. The summed E-state index contributed by atoms with van der Waals surface area (Å²) in [7, 11) is 0. The van der Waals surface area contributed by atoms with E-state index in [1.165, 1.54) is 30.6 Å². The number of hydrogen-bond donors (Lipinski definition) is 2. The fourth-order valence-electron chi connectivity index (χ4n) is 5.38. The van der Waals surface area contributed by atoms with Gasteiger partial charge in [-0.1, -0.05) is 6.07 Å². The summed E-state index contributed by atoms with van der Waals surface area (Å²) in [6, 6.07) is 5.48. The van der Waals surface area contributed by atoms with Gasteiger partial charge >= 0.3 is 6.09 Å². The second kappa shape index (κ2) is 7.31. The summed E-state index contributed by atoms with van der Waals surface area (Å²) in [4.78, 5) is 43.6. The number of carbonyl (C=O) groups excluding carboxylic acids is 3. The number of aromatic amines is 1. The average Bonchev–Trinajstić information content (AvgIpc) is 3.00. The first-order valence-corrected chi connectivity index (χ1v) is 11.4. The molecule has 8 nitrogen and oxygen atoms in total. The Morgan fingerprint density at radius 2 is 1.91 bits per heavy atom. The predicted molar refractivity (Wildman–Crippen MR) is 122 cm³/mol. The van der Waals surface area contributed by atoms with Crippen LogP contribution in [0.2, 0.25) is 0 Å². The SMILES string of the molecule is Cc1[nH]c(C=C2C(=O)Nc3ccc(CN4C(=O)COC4=O)cc32)c(C)c1CN1CC2CC2C1. The molecule has 2 unspecified atom stereocenters. The zero-order valence-corrected chi connectivity index (χ0v) is 18.7. The van der Waals surface area contributed by atoms with Gasteiger partial charge in [0.2, 0.25) is 0 Å². The van der Waals surface area contributed by atoms with Crippen LogP contribution in [0.3, 0.4) is 0 Å². The molecule has 1 aromatic heterocycles. The maximum atomic E-state index is 12.8. The molecule has 3 aliphatic heterocycles. The molecule has 33 heavy (non-hydrogen) atoms. The van der Waals surface area contributed by atoms with Gasteiger partial charge in [0.1, 0.15) is 0 Å². The number of aromatic nitrogens is 1. The largest absolute Gasteiger partial charge is 0.439 e. The van der Waals surface area contributed by atoms with Crippen molar-refractivity contribution >= 4 is 35.2 Å². The van der Waals surface area contributed by atoms with Gasteiger partial charge in [-0.2, -0.15) is 0 Å². The van der Waals surface area contributed by atoms with Crippen molar-refractivity contribution < 1.29 is 19.1 Å². The fourth-order valence-corrected chi connectivity index (χ4v) is 5.38. The van der Waals surface area contributed by atoms with Crippen LogP contribution in [0.15, 0.2) is 18.2 Å². The van der Waals surface area contributed by atoms with Crippen LogP contribution < -0.4 is 5.32 Å². The van der Waals surface area contributed by atoms with Gasteiger partial charge in [0.05, 0.1) is 12.1 Å². The van der Waals surface area contributed by atoms with Crippen molar-refractivity contribution in [3.63, 3.8) is 0 Å². The van der Waals surface area contributed by atoms with Gasteiger partial charge in [0, 0.05) is 42.3 Å². The maximum Gasteiger partial charge on any atom is 0.417 e. The van der Waals surface area contributed by atoms with Crippen LogP contribution in [0, 0.1) is 25.7 Å². The molecule has 2 aromatic rings. The molecule has 0 spiro atoms. The number of aryl methyl sites for hydroxylation is 1. The van der Waals surface area contributed by atoms with Crippen LogP contribution >= 0.6 is 0 Å². The highest BCUT2D eigenvalue weighted by atomic mass is 16.6. The zero-order valence-electron chi connectivity index (χ0n) is 18.7. The first-order valence-electron chi connectivity index (χ1n) is 11.4. The monoisotopic (exact) mass is 446 g/mol. The van der Waals surface area contributed by atoms with Crippen LogP contribution in [-0.2, 0) is 27.4 Å². The number of amides is 3. The number of likely N-dealkylation sites (tertiary alicyclic amines) is 1. The lowest BCUT2D eigenvalue weighted by Gasteiger charge is -2.17. The molecular formula is C25H26N4O4. The molecule has 3 amide bonds. The Hall–Kier alpha value is -3.39. The number of hydrogen-bond acceptors (Lipinski definition) is 5. The van der Waals surface area contributed by atoms with Gasteiger partial charge in [-0.3, -0.25) is 14.5 Å². The lowest BCUT2D eigenvalue weighted by molar-refractivity contribution is -0.126. The number of nitrogens with one attached hydrogen (secondary N) is 2. The van der Waals surface area contributed by atoms with Crippen molar-refractivity contribution in [2.75, 3.05) is 25.0 Å². The van der Waals surface area contributed by atoms with Crippen molar-refractivity contribution in [3.8, 4) is 0 Å². The summed E-state index contributed by atoms with van der Waals surface area (Å²) in [5.41, 5.74) is 7.38. The van der Waals surface area contributed by atoms with E-state index in [2.05, 4.69) is 29.0 Å². The molecule has 1 aromatic carbocycles. The number of fused-ring (bicyclic) bond motifs is 2. The molecule has 0 bridgehead atoms. The standard InChI is InChI=1S/C25H26N4O4/c1-13-20(11-28-9-16-6-17(16)10-28)14(2)26-22(13)7-19-18-5-15(3-4-21(18)27-24(19)31)8-29-23(30)12-33-25(29)32/h3-5,7,16-17,26H,6,8-12H2,1-2H3,(H,27,31). The number of piperidine rings is 1. The molecule has 3 fully saturated rings. The van der Waals surface area contributed by atoms with Gasteiger partial charge in [0.25, 0.3) is 11.8 Å². The molecule has 2 saturated heterocycles. The summed E-state index contributed by atoms with van der Waals surface area (Å²) in [5, 5.41) is 2.91. The molecule has 0 radical (unpaired) electrons. The summed E-state index contributed by atoms with van der Waals surface area (Å²) in [6.45, 7) is 7.42. The molecule has 8 heteroatoms. The van der Waals surface area contributed by atoms with Crippen molar-refractivity contribution in [2.45, 2.75) is 33.4 Å². The van der Waals surface area contributed by atoms with E-state index in [1.807, 2.05) is 24.3 Å². The molecule has 170 valence electrons. The average molecular weight is 447 g/mol. The number of rotatable bonds is 5. The molecule has 4 aliphatic rings. The minimum absolute atomic E-state index is 0.120. The van der Waals surface area contributed by atoms with E-state index in [1.54, 1.807) is 0 Å². The summed E-state index contributed by atoms with van der Waals surface area (Å²) in [6.07, 6.45) is 2.67. The lowest BCUT2D eigenvalue weighted by atomic mass is 10.0. The topological polar surface area (TPSA) is 94.7 Å². The summed E-state index contributed by atoms with van der Waals surface area (Å²) in [5.74, 6) is 1.28. The second-order valence-electron chi connectivity index (χ2n) is 9.64. The third-order valence-electron chi connectivity index (χ3n) is 7.40. The first-order chi connectivity index (χ1) is 15.9. The highest BCUT2D eigenvalue weighted by molar-refractivity contribution is 6.34. The Labute approximate surface area is 191 Å².